The molecule has 0 saturated carbocycles. The fourth-order valence-corrected chi connectivity index (χ4v) is 3.42. The molecular weight excluding hydrogens is 440 g/mol. The summed E-state index contributed by atoms with van der Waals surface area (Å²) in [5.41, 5.74) is 0.649. The lowest BCUT2D eigenvalue weighted by atomic mass is 10.1. The van der Waals surface area contributed by atoms with E-state index in [0.29, 0.717) is 16.6 Å². The Kier molecular flexibility index (Phi) is 6.79. The number of carbonyl (C=O) groups excluding carboxylic acids is 2. The van der Waals surface area contributed by atoms with Gasteiger partial charge in [0.15, 0.2) is 0 Å². The van der Waals surface area contributed by atoms with Gasteiger partial charge in [-0.2, -0.15) is 0 Å². The van der Waals surface area contributed by atoms with Gasteiger partial charge in [0.1, 0.15) is 12.2 Å². The van der Waals surface area contributed by atoms with Crippen LogP contribution in [0, 0.1) is 0 Å². The molecule has 2 N–H and O–H groups in total. The quantitative estimate of drug-likeness (QED) is 0.405. The third-order valence-electron chi connectivity index (χ3n) is 4.11. The van der Waals surface area contributed by atoms with Crippen LogP contribution < -0.4 is 15.7 Å². The number of esters is 1. The average molecular weight is 460 g/mol. The summed E-state index contributed by atoms with van der Waals surface area (Å²) in [6, 6.07) is 11.7. The molecule has 3 aromatic rings. The van der Waals surface area contributed by atoms with Crippen LogP contribution in [0.5, 0.6) is 0 Å². The molecular formula is C21H20N2O8S. The zero-order chi connectivity index (χ0) is 23.3. The Balaban J connectivity index is 1.79. The molecule has 0 spiro atoms. The number of amides is 1. The highest BCUT2D eigenvalue weighted by atomic mass is 32.2. The summed E-state index contributed by atoms with van der Waals surface area (Å²) in [6.45, 7) is 1.65. The van der Waals surface area contributed by atoms with Gasteiger partial charge in [-0.1, -0.05) is 6.07 Å². The molecule has 10 nitrogen and oxygen atoms in total. The van der Waals surface area contributed by atoms with Gasteiger partial charge >= 0.3 is 17.7 Å². The second kappa shape index (κ2) is 9.52. The molecule has 168 valence electrons. The van der Waals surface area contributed by atoms with E-state index in [0.717, 1.165) is 6.26 Å². The highest BCUT2D eigenvalue weighted by Gasteiger charge is 2.13. The second-order valence-electron chi connectivity index (χ2n) is 6.68. The third-order valence-corrected chi connectivity index (χ3v) is 4.72. The number of anilines is 2. The topological polar surface area (TPSA) is 141 Å². The number of hydrogen-bond donors (Lipinski definition) is 2. The molecule has 0 unspecified atom stereocenters. The molecule has 0 radical (unpaired) electrons. The van der Waals surface area contributed by atoms with Crippen LogP contribution in [0.2, 0.25) is 0 Å². The van der Waals surface area contributed by atoms with E-state index in [2.05, 4.69) is 10.0 Å². The summed E-state index contributed by atoms with van der Waals surface area (Å²) in [7, 11) is -3.50. The molecule has 0 bridgehead atoms. The number of nitrogens with one attached hydrogen (secondary N) is 2. The summed E-state index contributed by atoms with van der Waals surface area (Å²) >= 11 is 0. The summed E-state index contributed by atoms with van der Waals surface area (Å²) in [6.07, 6.45) is 0.351. The smallest absolute Gasteiger partial charge is 0.411 e. The van der Waals surface area contributed by atoms with Crippen LogP contribution >= 0.6 is 0 Å². The summed E-state index contributed by atoms with van der Waals surface area (Å²) in [5.74, 6) is -0.705. The first kappa shape index (κ1) is 22.8. The van der Waals surface area contributed by atoms with Crippen molar-refractivity contribution in [2.75, 3.05) is 22.9 Å². The molecule has 3 rings (SSSR count). The van der Waals surface area contributed by atoms with Gasteiger partial charge in [0.25, 0.3) is 0 Å². The number of sulfonamides is 1. The highest BCUT2D eigenvalue weighted by molar-refractivity contribution is 7.92. The van der Waals surface area contributed by atoms with Crippen LogP contribution in [0.4, 0.5) is 16.2 Å². The van der Waals surface area contributed by atoms with Gasteiger partial charge in [0, 0.05) is 34.5 Å². The Morgan fingerprint density at radius 2 is 1.81 bits per heavy atom. The zero-order valence-corrected chi connectivity index (χ0v) is 18.0. The molecule has 0 fully saturated rings. The van der Waals surface area contributed by atoms with Crippen molar-refractivity contribution in [3.05, 3.63) is 70.1 Å². The van der Waals surface area contributed by atoms with Gasteiger partial charge in [-0.05, 0) is 37.3 Å². The van der Waals surface area contributed by atoms with Crippen molar-refractivity contribution in [1.29, 1.82) is 0 Å². The van der Waals surface area contributed by atoms with Crippen LogP contribution in [0.25, 0.3) is 11.0 Å². The van der Waals surface area contributed by atoms with Crippen molar-refractivity contribution in [3.8, 4) is 0 Å². The Morgan fingerprint density at radius 1 is 1.03 bits per heavy atom. The van der Waals surface area contributed by atoms with Gasteiger partial charge in [0.05, 0.1) is 18.4 Å². The molecule has 1 aromatic heterocycles. The summed E-state index contributed by atoms with van der Waals surface area (Å²) in [5, 5.41) is 3.02. The zero-order valence-electron chi connectivity index (χ0n) is 17.2. The normalized spacial score (nSPS) is 11.1. The molecule has 32 heavy (non-hydrogen) atoms. The molecule has 0 aliphatic rings. The maximum Gasteiger partial charge on any atom is 0.411 e. The molecule has 2 aromatic carbocycles. The number of benzene rings is 2. The van der Waals surface area contributed by atoms with E-state index in [-0.39, 0.29) is 30.0 Å². The van der Waals surface area contributed by atoms with Crippen LogP contribution in [0.15, 0.2) is 57.7 Å². The van der Waals surface area contributed by atoms with E-state index in [9.17, 15) is 22.8 Å². The van der Waals surface area contributed by atoms with Crippen molar-refractivity contribution < 1.29 is 31.9 Å². The van der Waals surface area contributed by atoms with Crippen molar-refractivity contribution in [2.24, 2.45) is 0 Å². The third kappa shape index (κ3) is 6.08. The number of fused-ring (bicyclic) bond motifs is 1. The Morgan fingerprint density at radius 3 is 2.53 bits per heavy atom. The van der Waals surface area contributed by atoms with Gasteiger partial charge in [-0.25, -0.2) is 22.8 Å². The molecule has 11 heteroatoms. The van der Waals surface area contributed by atoms with E-state index in [4.69, 9.17) is 13.9 Å². The Bertz CT molecular complexity index is 1330. The predicted molar refractivity (Wildman–Crippen MR) is 117 cm³/mol. The standard InChI is InChI=1S/C21H20N2O8S/c1-3-29-21(26)22-15-7-8-17-14(10-19(24)31-18(17)11-15)12-30-20(25)13-5-4-6-16(9-13)23-32(2,27)28/h4-11,23H,3,12H2,1-2H3,(H,22,26). The maximum absolute atomic E-state index is 12.4. The lowest BCUT2D eigenvalue weighted by molar-refractivity contribution is 0.0474. The fourth-order valence-electron chi connectivity index (χ4n) is 2.86. The van der Waals surface area contributed by atoms with Crippen LogP contribution in [-0.2, 0) is 26.1 Å². The van der Waals surface area contributed by atoms with Crippen LogP contribution in [-0.4, -0.2) is 33.3 Å². The van der Waals surface area contributed by atoms with Crippen molar-refractivity contribution in [1.82, 2.24) is 0 Å². The van der Waals surface area contributed by atoms with E-state index in [1.54, 1.807) is 19.1 Å². The SMILES string of the molecule is CCOC(=O)Nc1ccc2c(COC(=O)c3cccc(NS(C)(=O)=O)c3)cc(=O)oc2c1. The van der Waals surface area contributed by atoms with Crippen LogP contribution in [0.3, 0.4) is 0 Å². The summed E-state index contributed by atoms with van der Waals surface area (Å²) in [4.78, 5) is 36.0. The Hall–Kier alpha value is -3.86. The van der Waals surface area contributed by atoms with Crippen LogP contribution in [0.1, 0.15) is 22.8 Å². The average Bonchev–Trinajstić information content (AvgIpc) is 2.70. The van der Waals surface area contributed by atoms with Gasteiger partial charge in [-0.3, -0.25) is 10.0 Å². The lowest BCUT2D eigenvalue weighted by Crippen LogP contribution is -2.13. The first-order valence-corrected chi connectivity index (χ1v) is 11.3. The van der Waals surface area contributed by atoms with E-state index >= 15 is 0 Å². The maximum atomic E-state index is 12.4. The molecule has 0 atom stereocenters. The monoisotopic (exact) mass is 460 g/mol. The minimum Gasteiger partial charge on any atom is -0.457 e. The van der Waals surface area contributed by atoms with E-state index < -0.39 is 27.7 Å². The lowest BCUT2D eigenvalue weighted by Gasteiger charge is -2.10. The molecule has 1 amide bonds. The minimum absolute atomic E-state index is 0.131. The molecule has 0 saturated heterocycles. The van der Waals surface area contributed by atoms with Gasteiger partial charge < -0.3 is 13.9 Å². The van der Waals surface area contributed by atoms with Crippen molar-refractivity contribution >= 4 is 44.4 Å². The molecule has 1 heterocycles. The predicted octanol–water partition coefficient (Wildman–Crippen LogP) is 3.09. The van der Waals surface area contributed by atoms with Crippen molar-refractivity contribution in [2.45, 2.75) is 13.5 Å². The molecule has 0 aliphatic heterocycles. The number of ether oxygens (including phenoxy) is 2. The summed E-state index contributed by atoms with van der Waals surface area (Å²) < 4.78 is 40.3. The largest absolute Gasteiger partial charge is 0.457 e. The van der Waals surface area contributed by atoms with E-state index in [1.807, 2.05) is 0 Å². The number of rotatable bonds is 7. The van der Waals surface area contributed by atoms with E-state index in [1.165, 1.54) is 36.4 Å². The first-order valence-electron chi connectivity index (χ1n) is 9.40. The fraction of sp³-hybridized carbons (Fsp3) is 0.190. The molecule has 0 aliphatic carbocycles. The first-order chi connectivity index (χ1) is 15.1. The minimum atomic E-state index is -3.50. The Labute approximate surface area is 183 Å². The van der Waals surface area contributed by atoms with Gasteiger partial charge in [-0.15, -0.1) is 0 Å². The highest BCUT2D eigenvalue weighted by Crippen LogP contribution is 2.23. The second-order valence-corrected chi connectivity index (χ2v) is 8.43. The number of hydrogen-bond acceptors (Lipinski definition) is 8. The van der Waals surface area contributed by atoms with Crippen molar-refractivity contribution in [3.63, 3.8) is 0 Å². The number of carbonyl (C=O) groups is 2. The van der Waals surface area contributed by atoms with Gasteiger partial charge in [0.2, 0.25) is 10.0 Å².